The van der Waals surface area contributed by atoms with Crippen LogP contribution in [0.4, 0.5) is 4.39 Å². The molecule has 2 N–H and O–H groups in total. The highest BCUT2D eigenvalue weighted by molar-refractivity contribution is 6.32. The highest BCUT2D eigenvalue weighted by Crippen LogP contribution is 2.31. The van der Waals surface area contributed by atoms with Gasteiger partial charge in [0.25, 0.3) is 5.91 Å². The van der Waals surface area contributed by atoms with E-state index in [9.17, 15) is 14.0 Å². The van der Waals surface area contributed by atoms with Gasteiger partial charge in [0.1, 0.15) is 17.1 Å². The number of aromatic nitrogens is 1. The van der Waals surface area contributed by atoms with Crippen LogP contribution in [0.2, 0.25) is 5.02 Å². The van der Waals surface area contributed by atoms with Gasteiger partial charge in [-0.15, -0.1) is 0 Å². The quantitative estimate of drug-likeness (QED) is 0.433. The molecule has 0 spiro atoms. The molecule has 1 amide bonds. The molecule has 0 radical (unpaired) electrons. The molecule has 160 valence electrons. The Morgan fingerprint density at radius 3 is 2.81 bits per heavy atom. The number of rotatable bonds is 6. The van der Waals surface area contributed by atoms with Crippen molar-refractivity contribution in [3.8, 4) is 5.75 Å². The highest BCUT2D eigenvalue weighted by atomic mass is 35.5. The fourth-order valence-corrected chi connectivity index (χ4v) is 3.66. The molecule has 6 nitrogen and oxygen atoms in total. The number of fused-ring (bicyclic) bond motifs is 2. The second kappa shape index (κ2) is 8.43. The standard InChI is InChI=1S/C23H20ClFN2O4/c1-12-13(2)23(29)31-20-9-21(18(24)8-16(12)20)30-11-22(28)26-6-5-14-10-27-19-4-3-15(25)7-17(14)19/h3-4,7-10,27H,5-6,11H2,1-2H3,(H,26,28). The van der Waals surface area contributed by atoms with Gasteiger partial charge in [0.2, 0.25) is 0 Å². The van der Waals surface area contributed by atoms with Gasteiger partial charge in [-0.3, -0.25) is 4.79 Å². The first-order valence-electron chi connectivity index (χ1n) is 9.72. The van der Waals surface area contributed by atoms with Crippen LogP contribution in [0.1, 0.15) is 16.7 Å². The van der Waals surface area contributed by atoms with Gasteiger partial charge in [0.15, 0.2) is 6.61 Å². The number of aryl methyl sites for hydroxylation is 1. The molecular formula is C23H20ClFN2O4. The SMILES string of the molecule is Cc1c(C)c2cc(Cl)c(OCC(=O)NCCc3c[nH]c4ccc(F)cc34)cc2oc1=O. The summed E-state index contributed by atoms with van der Waals surface area (Å²) < 4.78 is 24.3. The molecule has 0 bridgehead atoms. The van der Waals surface area contributed by atoms with E-state index in [0.29, 0.717) is 34.5 Å². The number of nitrogens with one attached hydrogen (secondary N) is 2. The average molecular weight is 443 g/mol. The molecule has 4 rings (SSSR count). The zero-order chi connectivity index (χ0) is 22.1. The fourth-order valence-electron chi connectivity index (χ4n) is 3.44. The van der Waals surface area contributed by atoms with Crippen LogP contribution in [0.5, 0.6) is 5.75 Å². The number of carbonyl (C=O) groups excluding carboxylic acids is 1. The molecule has 31 heavy (non-hydrogen) atoms. The Morgan fingerprint density at radius 2 is 2.00 bits per heavy atom. The van der Waals surface area contributed by atoms with Gasteiger partial charge in [-0.25, -0.2) is 9.18 Å². The lowest BCUT2D eigenvalue weighted by molar-refractivity contribution is -0.123. The van der Waals surface area contributed by atoms with E-state index in [2.05, 4.69) is 10.3 Å². The lowest BCUT2D eigenvalue weighted by Crippen LogP contribution is -2.30. The van der Waals surface area contributed by atoms with Crippen molar-refractivity contribution in [3.05, 3.63) is 74.5 Å². The fraction of sp³-hybridized carbons (Fsp3) is 0.217. The molecule has 8 heteroatoms. The Kier molecular flexibility index (Phi) is 5.69. The molecule has 2 aromatic carbocycles. The van der Waals surface area contributed by atoms with Crippen molar-refractivity contribution in [2.24, 2.45) is 0 Å². The normalized spacial score (nSPS) is 11.2. The number of ether oxygens (including phenoxy) is 1. The predicted molar refractivity (Wildman–Crippen MR) is 117 cm³/mol. The van der Waals surface area contributed by atoms with E-state index in [4.69, 9.17) is 20.8 Å². The number of aromatic amines is 1. The van der Waals surface area contributed by atoms with Crippen molar-refractivity contribution in [2.75, 3.05) is 13.2 Å². The van der Waals surface area contributed by atoms with Crippen LogP contribution < -0.4 is 15.7 Å². The van der Waals surface area contributed by atoms with Gasteiger partial charge in [-0.1, -0.05) is 11.6 Å². The van der Waals surface area contributed by atoms with E-state index in [1.54, 1.807) is 25.3 Å². The maximum Gasteiger partial charge on any atom is 0.339 e. The number of H-pyrrole nitrogens is 1. The predicted octanol–water partition coefficient (Wildman–Crippen LogP) is 4.42. The van der Waals surface area contributed by atoms with Crippen molar-refractivity contribution in [2.45, 2.75) is 20.3 Å². The number of amides is 1. The van der Waals surface area contributed by atoms with Crippen molar-refractivity contribution >= 4 is 39.4 Å². The number of halogens is 2. The zero-order valence-corrected chi connectivity index (χ0v) is 17.7. The van der Waals surface area contributed by atoms with E-state index < -0.39 is 5.63 Å². The van der Waals surface area contributed by atoms with E-state index >= 15 is 0 Å². The molecule has 0 fully saturated rings. The lowest BCUT2D eigenvalue weighted by atomic mass is 10.1. The molecule has 0 aliphatic heterocycles. The van der Waals surface area contributed by atoms with Crippen LogP contribution in [-0.2, 0) is 11.2 Å². The molecule has 0 atom stereocenters. The van der Waals surface area contributed by atoms with E-state index in [0.717, 1.165) is 22.0 Å². The van der Waals surface area contributed by atoms with Crippen LogP contribution >= 0.6 is 11.6 Å². The minimum Gasteiger partial charge on any atom is -0.482 e. The Labute approximate surface area is 182 Å². The number of hydrogen-bond donors (Lipinski definition) is 2. The molecule has 4 aromatic rings. The summed E-state index contributed by atoms with van der Waals surface area (Å²) in [7, 11) is 0. The number of carbonyl (C=O) groups is 1. The molecule has 2 heterocycles. The van der Waals surface area contributed by atoms with E-state index in [1.165, 1.54) is 18.2 Å². The average Bonchev–Trinajstić information content (AvgIpc) is 3.13. The van der Waals surface area contributed by atoms with Crippen LogP contribution in [0, 0.1) is 19.7 Å². The van der Waals surface area contributed by atoms with Crippen molar-refractivity contribution in [1.29, 1.82) is 0 Å². The number of hydrogen-bond acceptors (Lipinski definition) is 4. The first kappa shape index (κ1) is 20.9. The zero-order valence-electron chi connectivity index (χ0n) is 17.0. The van der Waals surface area contributed by atoms with Gasteiger partial charge < -0.3 is 19.5 Å². The summed E-state index contributed by atoms with van der Waals surface area (Å²) in [6, 6.07) is 7.71. The van der Waals surface area contributed by atoms with Crippen LogP contribution in [0.3, 0.4) is 0 Å². The molecule has 2 aromatic heterocycles. The second-order valence-corrected chi connectivity index (χ2v) is 7.72. The lowest BCUT2D eigenvalue weighted by Gasteiger charge is -2.11. The van der Waals surface area contributed by atoms with Gasteiger partial charge in [0.05, 0.1) is 5.02 Å². The largest absolute Gasteiger partial charge is 0.482 e. The third kappa shape index (κ3) is 4.27. The van der Waals surface area contributed by atoms with Crippen molar-refractivity contribution < 1.29 is 18.3 Å². The minimum atomic E-state index is -0.423. The van der Waals surface area contributed by atoms with Gasteiger partial charge >= 0.3 is 5.63 Å². The summed E-state index contributed by atoms with van der Waals surface area (Å²) in [6.45, 7) is 3.63. The Bertz CT molecular complexity index is 1360. The summed E-state index contributed by atoms with van der Waals surface area (Å²) in [6.07, 6.45) is 2.34. The van der Waals surface area contributed by atoms with Gasteiger partial charge in [-0.05, 0) is 55.7 Å². The Hall–Kier alpha value is -3.32. The molecular weight excluding hydrogens is 423 g/mol. The summed E-state index contributed by atoms with van der Waals surface area (Å²) >= 11 is 6.28. The topological polar surface area (TPSA) is 84.3 Å². The van der Waals surface area contributed by atoms with Crippen LogP contribution in [0.15, 0.2) is 45.7 Å². The van der Waals surface area contributed by atoms with Crippen LogP contribution in [0.25, 0.3) is 21.9 Å². The van der Waals surface area contributed by atoms with Gasteiger partial charge in [0, 0.05) is 40.7 Å². The molecule has 0 aliphatic rings. The maximum absolute atomic E-state index is 13.5. The molecule has 0 saturated heterocycles. The number of benzene rings is 2. The van der Waals surface area contributed by atoms with E-state index in [-0.39, 0.29) is 24.1 Å². The molecule has 0 saturated carbocycles. The first-order chi connectivity index (χ1) is 14.8. The van der Waals surface area contributed by atoms with Gasteiger partial charge in [-0.2, -0.15) is 0 Å². The monoisotopic (exact) mass is 442 g/mol. The van der Waals surface area contributed by atoms with Crippen molar-refractivity contribution in [3.63, 3.8) is 0 Å². The third-order valence-electron chi connectivity index (χ3n) is 5.31. The summed E-state index contributed by atoms with van der Waals surface area (Å²) in [5, 5.41) is 4.59. The maximum atomic E-state index is 13.5. The highest BCUT2D eigenvalue weighted by Gasteiger charge is 2.13. The molecule has 0 unspecified atom stereocenters. The molecule has 0 aliphatic carbocycles. The third-order valence-corrected chi connectivity index (χ3v) is 5.61. The Balaban J connectivity index is 1.38. The van der Waals surface area contributed by atoms with Crippen molar-refractivity contribution in [1.82, 2.24) is 10.3 Å². The summed E-state index contributed by atoms with van der Waals surface area (Å²) in [5.41, 5.74) is 2.99. The summed E-state index contributed by atoms with van der Waals surface area (Å²) in [5.74, 6) is -0.384. The smallest absolute Gasteiger partial charge is 0.339 e. The Morgan fingerprint density at radius 1 is 1.19 bits per heavy atom. The van der Waals surface area contributed by atoms with E-state index in [1.807, 2.05) is 6.92 Å². The second-order valence-electron chi connectivity index (χ2n) is 7.31. The van der Waals surface area contributed by atoms with Crippen LogP contribution in [-0.4, -0.2) is 24.0 Å². The first-order valence-corrected chi connectivity index (χ1v) is 10.1. The minimum absolute atomic E-state index is 0.247. The summed E-state index contributed by atoms with van der Waals surface area (Å²) in [4.78, 5) is 27.2.